The number of fused-ring (bicyclic) bond motifs is 7. The molecule has 7 fully saturated rings. The van der Waals surface area contributed by atoms with Gasteiger partial charge in [0.05, 0.1) is 31.5 Å². The Morgan fingerprint density at radius 1 is 0.811 bits per heavy atom. The average molecular weight is 755 g/mol. The zero-order valence-electron chi connectivity index (χ0n) is 31.4. The minimum atomic E-state index is -1.62. The Hall–Kier alpha value is -0.820. The van der Waals surface area contributed by atoms with Gasteiger partial charge in [-0.2, -0.15) is 0 Å². The van der Waals surface area contributed by atoms with Gasteiger partial charge in [-0.25, -0.2) is 0 Å². The second kappa shape index (κ2) is 14.2. The Balaban J connectivity index is 0.915. The van der Waals surface area contributed by atoms with E-state index in [-0.39, 0.29) is 41.5 Å². The van der Waals surface area contributed by atoms with Crippen molar-refractivity contribution in [3.05, 3.63) is 11.6 Å². The Morgan fingerprint density at radius 2 is 1.55 bits per heavy atom. The zero-order valence-corrected chi connectivity index (χ0v) is 31.4. The van der Waals surface area contributed by atoms with E-state index < -0.39 is 79.9 Å². The molecule has 0 aromatic rings. The van der Waals surface area contributed by atoms with Crippen molar-refractivity contribution in [2.75, 3.05) is 19.8 Å². The van der Waals surface area contributed by atoms with Crippen LogP contribution in [0.1, 0.15) is 79.1 Å². The molecule has 0 aromatic heterocycles. The lowest BCUT2D eigenvalue weighted by Gasteiger charge is -2.59. The van der Waals surface area contributed by atoms with Crippen LogP contribution in [-0.2, 0) is 28.4 Å². The molecule has 0 aromatic carbocycles. The standard InChI is InChI=1S/C39H62O14/c1-17-28-25(53-39(17)27(42)11-19(14-40)16-48-39)13-24-22-6-5-20-12-21(7-9-37(20,3)23(22)8-10-38(24,28)4)50-36-33(47)31(45)34(26(15-41)51-36)52-35-32(46)30(44)29(43)18(2)49-35/h5,17-19,21-36,40-47H,6-16H2,1-4H3/t17-,18-,19+,21-,22+,23-,24-,25-,26+,27-,28-,29-,30+,31+,32+,33+,34+,35-,36+,37-,38-,39-/m0/s1. The summed E-state index contributed by atoms with van der Waals surface area (Å²) in [4.78, 5) is 0. The largest absolute Gasteiger partial charge is 0.396 e. The van der Waals surface area contributed by atoms with Gasteiger partial charge in [0.2, 0.25) is 0 Å². The zero-order chi connectivity index (χ0) is 37.8. The van der Waals surface area contributed by atoms with Crippen molar-refractivity contribution in [3.8, 4) is 0 Å². The molecule has 4 saturated heterocycles. The van der Waals surface area contributed by atoms with Gasteiger partial charge in [0.15, 0.2) is 18.4 Å². The summed E-state index contributed by atoms with van der Waals surface area (Å²) in [7, 11) is 0. The highest BCUT2D eigenvalue weighted by Crippen LogP contribution is 2.70. The quantitative estimate of drug-likeness (QED) is 0.172. The van der Waals surface area contributed by atoms with E-state index in [0.29, 0.717) is 43.1 Å². The van der Waals surface area contributed by atoms with E-state index in [9.17, 15) is 40.9 Å². The van der Waals surface area contributed by atoms with Gasteiger partial charge in [-0.1, -0.05) is 32.4 Å². The van der Waals surface area contributed by atoms with Crippen LogP contribution >= 0.6 is 0 Å². The number of allylic oxidation sites excluding steroid dienone is 1. The first kappa shape index (κ1) is 39.0. The molecule has 14 heteroatoms. The molecule has 22 atom stereocenters. The van der Waals surface area contributed by atoms with Crippen LogP contribution in [0.3, 0.4) is 0 Å². The summed E-state index contributed by atoms with van der Waals surface area (Å²) < 4.78 is 36.7. The molecule has 302 valence electrons. The molecule has 8 rings (SSSR count). The van der Waals surface area contributed by atoms with E-state index in [1.807, 2.05) is 0 Å². The van der Waals surface area contributed by atoms with Crippen LogP contribution in [0, 0.1) is 46.3 Å². The fourth-order valence-electron chi connectivity index (χ4n) is 12.8. The van der Waals surface area contributed by atoms with Crippen molar-refractivity contribution >= 4 is 0 Å². The minimum absolute atomic E-state index is 0.000897. The van der Waals surface area contributed by atoms with E-state index in [2.05, 4.69) is 26.8 Å². The van der Waals surface area contributed by atoms with Crippen molar-refractivity contribution in [1.82, 2.24) is 0 Å². The van der Waals surface area contributed by atoms with Crippen molar-refractivity contribution in [2.45, 2.75) is 165 Å². The third kappa shape index (κ3) is 6.04. The van der Waals surface area contributed by atoms with E-state index in [0.717, 1.165) is 38.5 Å². The molecule has 8 N–H and O–H groups in total. The number of hydrogen-bond acceptors (Lipinski definition) is 14. The van der Waals surface area contributed by atoms with Gasteiger partial charge < -0.3 is 69.3 Å². The first-order chi connectivity index (χ1) is 25.2. The van der Waals surface area contributed by atoms with Gasteiger partial charge in [-0.15, -0.1) is 0 Å². The smallest absolute Gasteiger partial charge is 0.197 e. The molecular formula is C39H62O14. The van der Waals surface area contributed by atoms with Gasteiger partial charge in [-0.3, -0.25) is 0 Å². The molecule has 14 nitrogen and oxygen atoms in total. The Kier molecular flexibility index (Phi) is 10.5. The normalized spacial score (nSPS) is 58.0. The maximum Gasteiger partial charge on any atom is 0.197 e. The van der Waals surface area contributed by atoms with Crippen LogP contribution in [0.4, 0.5) is 0 Å². The SMILES string of the molecule is C[C@@H]1O[C@@H](O[C@H]2[C@H](O)[C@@H](O)[C@H](O[C@H]3CC[C@@]4(C)C(=CC[C@H]5[C@@H]6C[C@@H]7O[C@@]8(OC[C@@H](CO)C[C@@H]8O)[C@@H](C)[C@@H]7[C@@]6(C)CC[C@@H]54)C3)O[C@@H]2CO)[C@H](O)[C@H](O)[C@H]1O. The molecule has 0 radical (unpaired) electrons. The maximum absolute atomic E-state index is 11.2. The highest BCUT2D eigenvalue weighted by atomic mass is 16.7. The van der Waals surface area contributed by atoms with Gasteiger partial charge in [0.25, 0.3) is 0 Å². The van der Waals surface area contributed by atoms with Crippen molar-refractivity contribution in [2.24, 2.45) is 46.3 Å². The molecule has 53 heavy (non-hydrogen) atoms. The second-order valence-electron chi connectivity index (χ2n) is 18.3. The first-order valence-corrected chi connectivity index (χ1v) is 20.1. The van der Waals surface area contributed by atoms with Crippen LogP contribution in [0.2, 0.25) is 0 Å². The molecule has 8 aliphatic rings. The second-order valence-corrected chi connectivity index (χ2v) is 18.3. The lowest BCUT2D eigenvalue weighted by molar-refractivity contribution is -0.360. The Labute approximate surface area is 311 Å². The highest BCUT2D eigenvalue weighted by molar-refractivity contribution is 5.26. The third-order valence-electron chi connectivity index (χ3n) is 15.7. The third-order valence-corrected chi connectivity index (χ3v) is 15.7. The van der Waals surface area contributed by atoms with E-state index >= 15 is 0 Å². The van der Waals surface area contributed by atoms with Crippen LogP contribution in [0.5, 0.6) is 0 Å². The summed E-state index contributed by atoms with van der Waals surface area (Å²) in [5, 5.41) is 84.0. The Bertz CT molecular complexity index is 1360. The molecule has 0 unspecified atom stereocenters. The van der Waals surface area contributed by atoms with E-state index in [4.69, 9.17) is 28.4 Å². The van der Waals surface area contributed by atoms with Gasteiger partial charge in [0, 0.05) is 18.4 Å². The van der Waals surface area contributed by atoms with Gasteiger partial charge >= 0.3 is 0 Å². The minimum Gasteiger partial charge on any atom is -0.396 e. The lowest BCUT2D eigenvalue weighted by atomic mass is 9.47. The molecule has 0 amide bonds. The number of ether oxygens (including phenoxy) is 6. The van der Waals surface area contributed by atoms with Crippen molar-refractivity contribution in [3.63, 3.8) is 0 Å². The Morgan fingerprint density at radius 3 is 2.26 bits per heavy atom. The first-order valence-electron chi connectivity index (χ1n) is 20.1. The number of aliphatic hydroxyl groups is 8. The number of aliphatic hydroxyl groups excluding tert-OH is 8. The number of rotatable bonds is 6. The summed E-state index contributed by atoms with van der Waals surface area (Å²) in [6.45, 7) is 8.39. The summed E-state index contributed by atoms with van der Waals surface area (Å²) >= 11 is 0. The molecule has 4 heterocycles. The molecule has 1 spiro atoms. The van der Waals surface area contributed by atoms with Gasteiger partial charge in [0.1, 0.15) is 48.8 Å². The molecule has 4 aliphatic carbocycles. The lowest BCUT2D eigenvalue weighted by Crippen LogP contribution is -2.64. The molecule has 4 aliphatic heterocycles. The topological polar surface area (TPSA) is 217 Å². The van der Waals surface area contributed by atoms with E-state index in [1.54, 1.807) is 0 Å². The van der Waals surface area contributed by atoms with Crippen LogP contribution in [0.15, 0.2) is 11.6 Å². The number of hydrogen-bond donors (Lipinski definition) is 8. The van der Waals surface area contributed by atoms with Crippen molar-refractivity contribution < 1.29 is 69.3 Å². The maximum atomic E-state index is 11.2. The predicted molar refractivity (Wildman–Crippen MR) is 184 cm³/mol. The van der Waals surface area contributed by atoms with Crippen LogP contribution in [0.25, 0.3) is 0 Å². The summed E-state index contributed by atoms with van der Waals surface area (Å²) in [6.07, 6.45) is -5.15. The summed E-state index contributed by atoms with van der Waals surface area (Å²) in [5.74, 6) is 0.819. The van der Waals surface area contributed by atoms with Crippen LogP contribution < -0.4 is 0 Å². The van der Waals surface area contributed by atoms with Crippen molar-refractivity contribution in [1.29, 1.82) is 0 Å². The molecule has 0 bridgehead atoms. The predicted octanol–water partition coefficient (Wildman–Crippen LogP) is 0.333. The summed E-state index contributed by atoms with van der Waals surface area (Å²) in [6, 6.07) is 0. The summed E-state index contributed by atoms with van der Waals surface area (Å²) in [5.41, 5.74) is 1.45. The fourth-order valence-corrected chi connectivity index (χ4v) is 12.8. The molecule has 3 saturated carbocycles. The monoisotopic (exact) mass is 754 g/mol. The average Bonchev–Trinajstić information content (AvgIpc) is 3.60. The highest BCUT2D eigenvalue weighted by Gasteiger charge is 2.70. The van der Waals surface area contributed by atoms with Crippen LogP contribution in [-0.4, -0.2) is 146 Å². The fraction of sp³-hybridized carbons (Fsp3) is 0.949. The van der Waals surface area contributed by atoms with Gasteiger partial charge in [-0.05, 0) is 92.8 Å². The van der Waals surface area contributed by atoms with E-state index in [1.165, 1.54) is 12.5 Å². The molecular weight excluding hydrogens is 692 g/mol.